The highest BCUT2D eigenvalue weighted by atomic mass is 16.1. The van der Waals surface area contributed by atoms with E-state index in [4.69, 9.17) is 0 Å². The molecule has 0 aromatic heterocycles. The second-order valence-corrected chi connectivity index (χ2v) is 4.45. The molecule has 1 unspecified atom stereocenters. The van der Waals surface area contributed by atoms with E-state index in [2.05, 4.69) is 13.0 Å². The first kappa shape index (κ1) is 11.1. The Labute approximate surface area is 97.2 Å². The predicted octanol–water partition coefficient (Wildman–Crippen LogP) is 4.01. The van der Waals surface area contributed by atoms with Gasteiger partial charge in [0.15, 0.2) is 5.78 Å². The van der Waals surface area contributed by atoms with Gasteiger partial charge in [0.2, 0.25) is 0 Å². The molecular weight excluding hydrogens is 196 g/mol. The monoisotopic (exact) mass is 214 g/mol. The SMILES string of the molecule is CCCC1=CC(C(=O)c2ccccc2)CC1. The highest BCUT2D eigenvalue weighted by Gasteiger charge is 2.22. The lowest BCUT2D eigenvalue weighted by atomic mass is 9.97. The van der Waals surface area contributed by atoms with Gasteiger partial charge in [-0.3, -0.25) is 4.79 Å². The minimum absolute atomic E-state index is 0.129. The van der Waals surface area contributed by atoms with Crippen LogP contribution < -0.4 is 0 Å². The van der Waals surface area contributed by atoms with Crippen molar-refractivity contribution < 1.29 is 4.79 Å². The van der Waals surface area contributed by atoms with E-state index >= 15 is 0 Å². The largest absolute Gasteiger partial charge is 0.294 e. The average Bonchev–Trinajstić information content (AvgIpc) is 2.78. The summed E-state index contributed by atoms with van der Waals surface area (Å²) in [4.78, 5) is 12.2. The summed E-state index contributed by atoms with van der Waals surface area (Å²) < 4.78 is 0. The maximum absolute atomic E-state index is 12.2. The van der Waals surface area contributed by atoms with Crippen LogP contribution in [0.5, 0.6) is 0 Å². The Kier molecular flexibility index (Phi) is 3.55. The van der Waals surface area contributed by atoms with Crippen molar-refractivity contribution in [2.45, 2.75) is 32.6 Å². The summed E-state index contributed by atoms with van der Waals surface area (Å²) in [7, 11) is 0. The van der Waals surface area contributed by atoms with Gasteiger partial charge in [-0.15, -0.1) is 0 Å². The average molecular weight is 214 g/mol. The Bertz CT molecular complexity index is 389. The van der Waals surface area contributed by atoms with Crippen LogP contribution in [0.4, 0.5) is 0 Å². The zero-order valence-corrected chi connectivity index (χ0v) is 9.78. The number of hydrogen-bond acceptors (Lipinski definition) is 1. The molecule has 1 aromatic carbocycles. The molecule has 1 nitrogen and oxygen atoms in total. The van der Waals surface area contributed by atoms with Gasteiger partial charge in [-0.1, -0.05) is 55.3 Å². The molecule has 0 bridgehead atoms. The molecule has 1 aliphatic rings. The first-order valence-corrected chi connectivity index (χ1v) is 6.10. The molecule has 1 atom stereocenters. The third-order valence-corrected chi connectivity index (χ3v) is 3.18. The van der Waals surface area contributed by atoms with Crippen molar-refractivity contribution in [3.63, 3.8) is 0 Å². The molecule has 0 amide bonds. The number of Topliss-reactive ketones (excluding diaryl/α,β-unsaturated/α-hetero) is 1. The molecule has 1 aromatic rings. The number of carbonyl (C=O) groups is 1. The van der Waals surface area contributed by atoms with Crippen molar-refractivity contribution in [1.82, 2.24) is 0 Å². The van der Waals surface area contributed by atoms with Gasteiger partial charge in [-0.2, -0.15) is 0 Å². The molecule has 0 radical (unpaired) electrons. The van der Waals surface area contributed by atoms with Crippen LogP contribution in [0.3, 0.4) is 0 Å². The predicted molar refractivity (Wildman–Crippen MR) is 66.5 cm³/mol. The van der Waals surface area contributed by atoms with Crippen LogP contribution in [0.25, 0.3) is 0 Å². The van der Waals surface area contributed by atoms with Crippen molar-refractivity contribution >= 4 is 5.78 Å². The lowest BCUT2D eigenvalue weighted by Crippen LogP contribution is -2.09. The maximum Gasteiger partial charge on any atom is 0.169 e. The minimum Gasteiger partial charge on any atom is -0.294 e. The number of ketones is 1. The second kappa shape index (κ2) is 5.11. The van der Waals surface area contributed by atoms with Gasteiger partial charge < -0.3 is 0 Å². The van der Waals surface area contributed by atoms with Gasteiger partial charge in [-0.25, -0.2) is 0 Å². The van der Waals surface area contributed by atoms with Crippen molar-refractivity contribution in [3.05, 3.63) is 47.5 Å². The van der Waals surface area contributed by atoms with Crippen LogP contribution in [0.2, 0.25) is 0 Å². The summed E-state index contributed by atoms with van der Waals surface area (Å²) in [5.74, 6) is 0.413. The summed E-state index contributed by atoms with van der Waals surface area (Å²) in [5.41, 5.74) is 2.32. The van der Waals surface area contributed by atoms with Gasteiger partial charge in [0.1, 0.15) is 0 Å². The van der Waals surface area contributed by atoms with Crippen LogP contribution in [-0.4, -0.2) is 5.78 Å². The second-order valence-electron chi connectivity index (χ2n) is 4.45. The number of allylic oxidation sites excluding steroid dienone is 2. The third-order valence-electron chi connectivity index (χ3n) is 3.18. The Morgan fingerprint density at radius 2 is 2.06 bits per heavy atom. The normalized spacial score (nSPS) is 19.6. The molecule has 1 heteroatoms. The first-order chi connectivity index (χ1) is 7.81. The van der Waals surface area contributed by atoms with E-state index in [9.17, 15) is 4.79 Å². The zero-order valence-electron chi connectivity index (χ0n) is 9.78. The van der Waals surface area contributed by atoms with Crippen molar-refractivity contribution in [3.8, 4) is 0 Å². The molecule has 2 rings (SSSR count). The van der Waals surface area contributed by atoms with Crippen molar-refractivity contribution in [2.24, 2.45) is 5.92 Å². The van der Waals surface area contributed by atoms with Crippen LogP contribution in [0, 0.1) is 5.92 Å². The quantitative estimate of drug-likeness (QED) is 0.547. The van der Waals surface area contributed by atoms with Crippen LogP contribution in [0.15, 0.2) is 42.0 Å². The maximum atomic E-state index is 12.2. The van der Waals surface area contributed by atoms with E-state index < -0.39 is 0 Å². The Hall–Kier alpha value is -1.37. The number of hydrogen-bond donors (Lipinski definition) is 0. The van der Waals surface area contributed by atoms with Crippen LogP contribution in [-0.2, 0) is 0 Å². The summed E-state index contributed by atoms with van der Waals surface area (Å²) in [5, 5.41) is 0. The minimum atomic E-state index is 0.129. The summed E-state index contributed by atoms with van der Waals surface area (Å²) >= 11 is 0. The number of benzene rings is 1. The Morgan fingerprint density at radius 1 is 1.31 bits per heavy atom. The van der Waals surface area contributed by atoms with E-state index in [1.807, 2.05) is 30.3 Å². The van der Waals surface area contributed by atoms with E-state index in [1.165, 1.54) is 12.0 Å². The van der Waals surface area contributed by atoms with Crippen LogP contribution >= 0.6 is 0 Å². The Balaban J connectivity index is 2.07. The smallest absolute Gasteiger partial charge is 0.169 e. The first-order valence-electron chi connectivity index (χ1n) is 6.10. The van der Waals surface area contributed by atoms with Gasteiger partial charge in [0.05, 0.1) is 0 Å². The highest BCUT2D eigenvalue weighted by Crippen LogP contribution is 2.29. The third kappa shape index (κ3) is 2.41. The lowest BCUT2D eigenvalue weighted by molar-refractivity contribution is 0.0944. The van der Waals surface area contributed by atoms with Gasteiger partial charge in [0.25, 0.3) is 0 Å². The molecule has 0 spiro atoms. The molecule has 84 valence electrons. The van der Waals surface area contributed by atoms with Gasteiger partial charge in [-0.05, 0) is 19.3 Å². The molecule has 0 heterocycles. The van der Waals surface area contributed by atoms with E-state index in [0.29, 0.717) is 0 Å². The molecular formula is C15H18O. The molecule has 0 fully saturated rings. The van der Waals surface area contributed by atoms with E-state index in [0.717, 1.165) is 24.8 Å². The van der Waals surface area contributed by atoms with Gasteiger partial charge in [0, 0.05) is 11.5 Å². The van der Waals surface area contributed by atoms with E-state index in [1.54, 1.807) is 0 Å². The molecule has 0 saturated heterocycles. The molecule has 0 saturated carbocycles. The fourth-order valence-corrected chi connectivity index (χ4v) is 2.34. The molecule has 0 N–H and O–H groups in total. The number of rotatable bonds is 4. The summed E-state index contributed by atoms with van der Waals surface area (Å²) in [6.45, 7) is 2.19. The highest BCUT2D eigenvalue weighted by molar-refractivity contribution is 5.99. The fourth-order valence-electron chi connectivity index (χ4n) is 2.34. The number of carbonyl (C=O) groups excluding carboxylic acids is 1. The van der Waals surface area contributed by atoms with Crippen LogP contribution in [0.1, 0.15) is 43.0 Å². The standard InChI is InChI=1S/C15H18O/c1-2-6-12-9-10-14(11-12)15(16)13-7-4-3-5-8-13/h3-5,7-8,11,14H,2,6,9-10H2,1H3. The van der Waals surface area contributed by atoms with E-state index in [-0.39, 0.29) is 11.7 Å². The van der Waals surface area contributed by atoms with Crippen molar-refractivity contribution in [2.75, 3.05) is 0 Å². The molecule has 16 heavy (non-hydrogen) atoms. The Morgan fingerprint density at radius 3 is 2.75 bits per heavy atom. The topological polar surface area (TPSA) is 17.1 Å². The molecule has 0 aliphatic heterocycles. The van der Waals surface area contributed by atoms with Crippen molar-refractivity contribution in [1.29, 1.82) is 0 Å². The summed E-state index contributed by atoms with van der Waals surface area (Å²) in [6, 6.07) is 9.63. The summed E-state index contributed by atoms with van der Waals surface area (Å²) in [6.07, 6.45) is 6.63. The lowest BCUT2D eigenvalue weighted by Gasteiger charge is -2.05. The molecule has 1 aliphatic carbocycles. The fraction of sp³-hybridized carbons (Fsp3) is 0.400. The van der Waals surface area contributed by atoms with Gasteiger partial charge >= 0.3 is 0 Å². The zero-order chi connectivity index (χ0) is 11.4.